The van der Waals surface area contributed by atoms with Gasteiger partial charge in [-0.3, -0.25) is 0 Å². The fourth-order valence-corrected chi connectivity index (χ4v) is 3.28. The van der Waals surface area contributed by atoms with Gasteiger partial charge in [-0.1, -0.05) is 24.3 Å². The molecular formula is C19H20N4O2. The van der Waals surface area contributed by atoms with Crippen molar-refractivity contribution in [2.75, 3.05) is 19.5 Å². The first-order chi connectivity index (χ1) is 12.3. The first-order valence-corrected chi connectivity index (χ1v) is 8.22. The number of nitrogens with zero attached hydrogens (tertiary/aromatic N) is 3. The number of fused-ring (bicyclic) bond motifs is 1. The average Bonchev–Trinajstić information content (AvgIpc) is 3.16. The van der Waals surface area contributed by atoms with Crippen LogP contribution in [0.25, 0.3) is 0 Å². The van der Waals surface area contributed by atoms with Crippen LogP contribution in [0, 0.1) is 0 Å². The van der Waals surface area contributed by atoms with E-state index in [1.54, 1.807) is 20.5 Å². The molecule has 4 rings (SSSR count). The van der Waals surface area contributed by atoms with Gasteiger partial charge in [0.2, 0.25) is 5.95 Å². The summed E-state index contributed by atoms with van der Waals surface area (Å²) in [5.74, 6) is 2.49. The zero-order valence-electron chi connectivity index (χ0n) is 14.2. The molecule has 1 N–H and O–H groups in total. The number of ether oxygens (including phenoxy) is 2. The quantitative estimate of drug-likeness (QED) is 0.791. The fraction of sp³-hybridized carbons (Fsp3) is 0.263. The summed E-state index contributed by atoms with van der Waals surface area (Å²) < 4.78 is 12.5. The first kappa shape index (κ1) is 15.5. The number of rotatable bonds is 4. The van der Waals surface area contributed by atoms with Crippen molar-refractivity contribution in [3.05, 3.63) is 66.0 Å². The minimum Gasteiger partial charge on any atom is -0.497 e. The van der Waals surface area contributed by atoms with Gasteiger partial charge < -0.3 is 14.8 Å². The molecule has 1 aliphatic rings. The third-order valence-corrected chi connectivity index (χ3v) is 4.65. The van der Waals surface area contributed by atoms with Gasteiger partial charge in [0.25, 0.3) is 0 Å². The summed E-state index contributed by atoms with van der Waals surface area (Å²) in [5, 5.41) is 7.88. The van der Waals surface area contributed by atoms with Gasteiger partial charge in [0.1, 0.15) is 17.8 Å². The number of anilines is 1. The SMILES string of the molecule is COc1ccc([C@H]2C[C@H](c3ccc(OC)cc3)Nc3ncnn32)cc1. The maximum absolute atomic E-state index is 5.26. The van der Waals surface area contributed by atoms with Gasteiger partial charge in [0, 0.05) is 0 Å². The second-order valence-electron chi connectivity index (χ2n) is 6.02. The van der Waals surface area contributed by atoms with Gasteiger partial charge in [-0.15, -0.1) is 0 Å². The van der Waals surface area contributed by atoms with E-state index in [4.69, 9.17) is 9.47 Å². The van der Waals surface area contributed by atoms with Crippen LogP contribution in [0.3, 0.4) is 0 Å². The van der Waals surface area contributed by atoms with E-state index >= 15 is 0 Å². The van der Waals surface area contributed by atoms with Crippen molar-refractivity contribution in [2.45, 2.75) is 18.5 Å². The minimum atomic E-state index is 0.122. The molecule has 0 fully saturated rings. The van der Waals surface area contributed by atoms with E-state index in [1.807, 2.05) is 28.9 Å². The van der Waals surface area contributed by atoms with Gasteiger partial charge in [-0.05, 0) is 41.8 Å². The van der Waals surface area contributed by atoms with Crippen molar-refractivity contribution in [3.63, 3.8) is 0 Å². The molecule has 0 spiro atoms. The van der Waals surface area contributed by atoms with Gasteiger partial charge in [0.15, 0.2) is 0 Å². The first-order valence-electron chi connectivity index (χ1n) is 8.22. The lowest BCUT2D eigenvalue weighted by Gasteiger charge is -2.32. The highest BCUT2D eigenvalue weighted by atomic mass is 16.5. The number of methoxy groups -OCH3 is 2. The molecule has 128 valence electrons. The molecule has 0 saturated heterocycles. The number of hydrogen-bond donors (Lipinski definition) is 1. The molecule has 0 saturated carbocycles. The molecule has 2 heterocycles. The van der Waals surface area contributed by atoms with Gasteiger partial charge in [-0.25, -0.2) is 4.68 Å². The van der Waals surface area contributed by atoms with E-state index < -0.39 is 0 Å². The fourth-order valence-electron chi connectivity index (χ4n) is 3.28. The summed E-state index contributed by atoms with van der Waals surface area (Å²) in [6, 6.07) is 16.6. The van der Waals surface area contributed by atoms with Crippen LogP contribution in [0.15, 0.2) is 54.9 Å². The van der Waals surface area contributed by atoms with Crippen LogP contribution in [0.5, 0.6) is 11.5 Å². The van der Waals surface area contributed by atoms with Crippen LogP contribution < -0.4 is 14.8 Å². The Labute approximate surface area is 146 Å². The maximum atomic E-state index is 5.26. The molecule has 25 heavy (non-hydrogen) atoms. The van der Waals surface area contributed by atoms with Gasteiger partial charge in [0.05, 0.1) is 26.3 Å². The van der Waals surface area contributed by atoms with Crippen LogP contribution in [0.2, 0.25) is 0 Å². The Hall–Kier alpha value is -3.02. The van der Waals surface area contributed by atoms with Crippen molar-refractivity contribution >= 4 is 5.95 Å². The summed E-state index contributed by atoms with van der Waals surface area (Å²) in [4.78, 5) is 4.37. The Bertz CT molecular complexity index is 843. The molecule has 0 unspecified atom stereocenters. The maximum Gasteiger partial charge on any atom is 0.222 e. The topological polar surface area (TPSA) is 61.2 Å². The van der Waals surface area contributed by atoms with E-state index in [1.165, 1.54) is 11.1 Å². The largest absolute Gasteiger partial charge is 0.497 e. The predicted molar refractivity (Wildman–Crippen MR) is 95.1 cm³/mol. The molecule has 0 bridgehead atoms. The van der Waals surface area contributed by atoms with E-state index in [0.29, 0.717) is 0 Å². The van der Waals surface area contributed by atoms with Gasteiger partial charge in [-0.2, -0.15) is 10.1 Å². The zero-order valence-corrected chi connectivity index (χ0v) is 14.2. The highest BCUT2D eigenvalue weighted by Crippen LogP contribution is 2.37. The monoisotopic (exact) mass is 336 g/mol. The summed E-state index contributed by atoms with van der Waals surface area (Å²) in [7, 11) is 3.35. The van der Waals surface area contributed by atoms with Crippen molar-refractivity contribution in [3.8, 4) is 11.5 Å². The number of aromatic nitrogens is 3. The molecule has 0 radical (unpaired) electrons. The molecule has 2 atom stereocenters. The highest BCUT2D eigenvalue weighted by molar-refractivity contribution is 5.40. The summed E-state index contributed by atoms with van der Waals surface area (Å²) in [5.41, 5.74) is 2.39. The number of nitrogens with one attached hydrogen (secondary N) is 1. The second kappa shape index (κ2) is 6.47. The Kier molecular flexibility index (Phi) is 4.01. The molecule has 2 aromatic carbocycles. The molecule has 0 amide bonds. The Morgan fingerprint density at radius 1 is 0.920 bits per heavy atom. The van der Waals surface area contributed by atoms with Crippen molar-refractivity contribution in [2.24, 2.45) is 0 Å². The van der Waals surface area contributed by atoms with Crippen LogP contribution in [0.4, 0.5) is 5.95 Å². The number of benzene rings is 2. The summed E-state index contributed by atoms with van der Waals surface area (Å²) >= 11 is 0. The van der Waals surface area contributed by atoms with E-state index in [9.17, 15) is 0 Å². The van der Waals surface area contributed by atoms with Crippen molar-refractivity contribution in [1.29, 1.82) is 0 Å². The third kappa shape index (κ3) is 2.91. The lowest BCUT2D eigenvalue weighted by molar-refractivity contribution is 0.410. The van der Waals surface area contributed by atoms with Crippen LogP contribution >= 0.6 is 0 Å². The molecule has 3 aromatic rings. The lowest BCUT2D eigenvalue weighted by atomic mass is 9.93. The molecule has 1 aliphatic heterocycles. The molecular weight excluding hydrogens is 316 g/mol. The average molecular weight is 336 g/mol. The Balaban J connectivity index is 1.66. The van der Waals surface area contributed by atoms with E-state index in [-0.39, 0.29) is 12.1 Å². The van der Waals surface area contributed by atoms with Crippen LogP contribution in [0.1, 0.15) is 29.6 Å². The normalized spacial score (nSPS) is 19.0. The molecule has 0 aliphatic carbocycles. The molecule has 6 heteroatoms. The predicted octanol–water partition coefficient (Wildman–Crippen LogP) is 3.44. The summed E-state index contributed by atoms with van der Waals surface area (Å²) in [6.45, 7) is 0. The van der Waals surface area contributed by atoms with Crippen molar-refractivity contribution in [1.82, 2.24) is 14.8 Å². The van der Waals surface area contributed by atoms with Crippen LogP contribution in [-0.2, 0) is 0 Å². The van der Waals surface area contributed by atoms with Crippen molar-refractivity contribution < 1.29 is 9.47 Å². The highest BCUT2D eigenvalue weighted by Gasteiger charge is 2.29. The summed E-state index contributed by atoms with van der Waals surface area (Å²) in [6.07, 6.45) is 2.48. The molecule has 1 aromatic heterocycles. The lowest BCUT2D eigenvalue weighted by Crippen LogP contribution is -2.28. The number of hydrogen-bond acceptors (Lipinski definition) is 5. The standard InChI is InChI=1S/C19H20N4O2/c1-24-15-7-3-13(4-8-15)17-11-18(23-19(22-17)20-12-21-23)14-5-9-16(25-2)10-6-14/h3-10,12,17-18H,11H2,1-2H3,(H,20,21,22)/t17-,18-/m1/s1. The third-order valence-electron chi connectivity index (χ3n) is 4.65. The zero-order chi connectivity index (χ0) is 17.2. The minimum absolute atomic E-state index is 0.122. The van der Waals surface area contributed by atoms with E-state index in [0.717, 1.165) is 23.9 Å². The Morgan fingerprint density at radius 2 is 1.52 bits per heavy atom. The second-order valence-corrected chi connectivity index (χ2v) is 6.02. The van der Waals surface area contributed by atoms with Gasteiger partial charge >= 0.3 is 0 Å². The molecule has 6 nitrogen and oxygen atoms in total. The van der Waals surface area contributed by atoms with E-state index in [2.05, 4.69) is 39.7 Å². The Morgan fingerprint density at radius 3 is 2.12 bits per heavy atom. The van der Waals surface area contributed by atoms with Crippen LogP contribution in [-0.4, -0.2) is 29.0 Å². The smallest absolute Gasteiger partial charge is 0.222 e.